The van der Waals surface area contributed by atoms with Gasteiger partial charge in [0.25, 0.3) is 5.91 Å². The number of benzene rings is 3. The van der Waals surface area contributed by atoms with Crippen molar-refractivity contribution < 1.29 is 14.3 Å². The van der Waals surface area contributed by atoms with Crippen LogP contribution in [0.5, 0.6) is 5.75 Å². The van der Waals surface area contributed by atoms with E-state index in [1.165, 1.54) is 4.90 Å². The van der Waals surface area contributed by atoms with Gasteiger partial charge in [-0.1, -0.05) is 77.3 Å². The van der Waals surface area contributed by atoms with Gasteiger partial charge in [-0.2, -0.15) is 0 Å². The summed E-state index contributed by atoms with van der Waals surface area (Å²) < 4.78 is 5.70. The molecule has 0 spiro atoms. The number of nitrogens with zero attached hydrogens (tertiary/aromatic N) is 1. The number of rotatable bonds is 10. The van der Waals surface area contributed by atoms with Gasteiger partial charge < -0.3 is 15.0 Å². The largest absolute Gasteiger partial charge is 0.482 e. The minimum Gasteiger partial charge on any atom is -0.482 e. The zero-order valence-electron chi connectivity index (χ0n) is 18.6. The van der Waals surface area contributed by atoms with E-state index in [4.69, 9.17) is 39.5 Å². The van der Waals surface area contributed by atoms with Crippen LogP contribution in [-0.2, 0) is 22.6 Å². The van der Waals surface area contributed by atoms with Crippen LogP contribution in [0.3, 0.4) is 0 Å². The lowest BCUT2D eigenvalue weighted by Gasteiger charge is -2.31. The van der Waals surface area contributed by atoms with Crippen LogP contribution in [0.1, 0.15) is 18.1 Å². The number of likely N-dealkylation sites (N-methyl/N-ethyl adjacent to an activating group) is 1. The Labute approximate surface area is 214 Å². The number of amides is 2. The minimum absolute atomic E-state index is 0.186. The second-order valence-corrected chi connectivity index (χ2v) is 8.90. The lowest BCUT2D eigenvalue weighted by Crippen LogP contribution is -2.51. The molecule has 1 unspecified atom stereocenters. The molecule has 0 fully saturated rings. The maximum Gasteiger partial charge on any atom is 0.261 e. The van der Waals surface area contributed by atoms with Crippen LogP contribution in [-0.4, -0.2) is 35.9 Å². The maximum atomic E-state index is 13.4. The number of nitrogens with one attached hydrogen (secondary N) is 1. The molecule has 0 radical (unpaired) electrons. The number of carbonyl (C=O) groups is 2. The summed E-state index contributed by atoms with van der Waals surface area (Å²) >= 11 is 18.3. The standard InChI is InChI=1S/C26H25Cl3N2O3/c1-2-30-26(33)23(14-18-7-4-3-5-8-18)31(16-19-9-6-10-20(27)13-19)25(32)17-34-24-12-11-21(28)15-22(24)29/h3-13,15,23H,2,14,16-17H2,1H3,(H,30,33). The average Bonchev–Trinajstić information content (AvgIpc) is 2.81. The number of hydrogen-bond donors (Lipinski definition) is 1. The monoisotopic (exact) mass is 518 g/mol. The quantitative estimate of drug-likeness (QED) is 0.368. The Bertz CT molecular complexity index is 1130. The summed E-state index contributed by atoms with van der Waals surface area (Å²) in [5, 5.41) is 4.16. The molecule has 3 aromatic rings. The van der Waals surface area contributed by atoms with E-state index >= 15 is 0 Å². The van der Waals surface area contributed by atoms with E-state index < -0.39 is 6.04 Å². The molecule has 5 nitrogen and oxygen atoms in total. The summed E-state index contributed by atoms with van der Waals surface area (Å²) in [4.78, 5) is 28.1. The highest BCUT2D eigenvalue weighted by Gasteiger charge is 2.30. The van der Waals surface area contributed by atoms with Gasteiger partial charge in [0, 0.05) is 29.6 Å². The molecular weight excluding hydrogens is 495 g/mol. The summed E-state index contributed by atoms with van der Waals surface area (Å²) in [6.07, 6.45) is 0.348. The fraction of sp³-hybridized carbons (Fsp3) is 0.231. The van der Waals surface area contributed by atoms with Crippen molar-refractivity contribution in [2.24, 2.45) is 0 Å². The van der Waals surface area contributed by atoms with Crippen molar-refractivity contribution in [3.8, 4) is 5.75 Å². The lowest BCUT2D eigenvalue weighted by molar-refractivity contribution is -0.142. The van der Waals surface area contributed by atoms with E-state index in [1.54, 1.807) is 30.3 Å². The number of ether oxygens (including phenoxy) is 1. The lowest BCUT2D eigenvalue weighted by atomic mass is 10.0. The van der Waals surface area contributed by atoms with E-state index in [0.29, 0.717) is 33.8 Å². The van der Waals surface area contributed by atoms with E-state index in [0.717, 1.165) is 11.1 Å². The summed E-state index contributed by atoms with van der Waals surface area (Å²) in [6, 6.07) is 20.8. The molecule has 8 heteroatoms. The number of halogens is 3. The van der Waals surface area contributed by atoms with Crippen molar-refractivity contribution in [1.82, 2.24) is 10.2 Å². The summed E-state index contributed by atoms with van der Waals surface area (Å²) in [5.41, 5.74) is 1.73. The Kier molecular flexibility index (Phi) is 9.63. The van der Waals surface area contributed by atoms with Crippen LogP contribution < -0.4 is 10.1 Å². The van der Waals surface area contributed by atoms with Crippen molar-refractivity contribution in [1.29, 1.82) is 0 Å². The van der Waals surface area contributed by atoms with Crippen LogP contribution in [0, 0.1) is 0 Å². The summed E-state index contributed by atoms with van der Waals surface area (Å²) in [6.45, 7) is 2.17. The highest BCUT2D eigenvalue weighted by Crippen LogP contribution is 2.27. The van der Waals surface area contributed by atoms with E-state index in [2.05, 4.69) is 5.32 Å². The molecule has 0 aliphatic rings. The second kappa shape index (κ2) is 12.7. The second-order valence-electron chi connectivity index (χ2n) is 7.62. The van der Waals surface area contributed by atoms with Crippen molar-refractivity contribution in [2.75, 3.05) is 13.2 Å². The van der Waals surface area contributed by atoms with Gasteiger partial charge in [-0.05, 0) is 48.4 Å². The molecule has 0 bridgehead atoms. The van der Waals surface area contributed by atoms with Gasteiger partial charge in [-0.3, -0.25) is 9.59 Å². The predicted molar refractivity (Wildman–Crippen MR) is 137 cm³/mol. The molecule has 1 atom stereocenters. The normalized spacial score (nSPS) is 11.5. The predicted octanol–water partition coefficient (Wildman–Crippen LogP) is 5.80. The number of hydrogen-bond acceptors (Lipinski definition) is 3. The Morgan fingerprint density at radius 1 is 0.912 bits per heavy atom. The van der Waals surface area contributed by atoms with Crippen LogP contribution in [0.15, 0.2) is 72.8 Å². The van der Waals surface area contributed by atoms with Crippen molar-refractivity contribution >= 4 is 46.6 Å². The molecule has 0 aliphatic carbocycles. The van der Waals surface area contributed by atoms with Gasteiger partial charge in [0.1, 0.15) is 11.8 Å². The van der Waals surface area contributed by atoms with Crippen LogP contribution in [0.2, 0.25) is 15.1 Å². The molecular formula is C26H25Cl3N2O3. The Balaban J connectivity index is 1.90. The SMILES string of the molecule is CCNC(=O)C(Cc1ccccc1)N(Cc1cccc(Cl)c1)C(=O)COc1ccc(Cl)cc1Cl. The topological polar surface area (TPSA) is 58.6 Å². The van der Waals surface area contributed by atoms with Gasteiger partial charge in [0.15, 0.2) is 6.61 Å². The Morgan fingerprint density at radius 3 is 2.29 bits per heavy atom. The Morgan fingerprint density at radius 2 is 1.62 bits per heavy atom. The molecule has 0 heterocycles. The third kappa shape index (κ3) is 7.39. The molecule has 34 heavy (non-hydrogen) atoms. The average molecular weight is 520 g/mol. The molecule has 0 aliphatic heterocycles. The third-order valence-electron chi connectivity index (χ3n) is 5.11. The first-order valence-corrected chi connectivity index (χ1v) is 11.9. The van der Waals surface area contributed by atoms with Crippen molar-refractivity contribution in [3.63, 3.8) is 0 Å². The zero-order valence-corrected chi connectivity index (χ0v) is 20.9. The molecule has 3 aromatic carbocycles. The van der Waals surface area contributed by atoms with Crippen molar-refractivity contribution in [3.05, 3.63) is 99.0 Å². The highest BCUT2D eigenvalue weighted by atomic mass is 35.5. The van der Waals surface area contributed by atoms with Crippen LogP contribution in [0.4, 0.5) is 0 Å². The molecule has 2 amide bonds. The first kappa shape index (κ1) is 25.9. The minimum atomic E-state index is -0.752. The molecule has 3 rings (SSSR count). The fourth-order valence-corrected chi connectivity index (χ4v) is 4.17. The van der Waals surface area contributed by atoms with E-state index in [9.17, 15) is 9.59 Å². The highest BCUT2D eigenvalue weighted by molar-refractivity contribution is 6.35. The third-order valence-corrected chi connectivity index (χ3v) is 5.87. The Hall–Kier alpha value is -2.73. The van der Waals surface area contributed by atoms with Gasteiger partial charge in [0.05, 0.1) is 5.02 Å². The first-order chi connectivity index (χ1) is 16.4. The maximum absolute atomic E-state index is 13.4. The molecule has 0 saturated carbocycles. The van der Waals surface area contributed by atoms with Crippen molar-refractivity contribution in [2.45, 2.75) is 25.9 Å². The molecule has 0 saturated heterocycles. The van der Waals surface area contributed by atoms with E-state index in [1.807, 2.05) is 49.4 Å². The van der Waals surface area contributed by atoms with Gasteiger partial charge in [-0.15, -0.1) is 0 Å². The first-order valence-electron chi connectivity index (χ1n) is 10.8. The molecule has 178 valence electrons. The van der Waals surface area contributed by atoms with E-state index in [-0.39, 0.29) is 25.0 Å². The smallest absolute Gasteiger partial charge is 0.261 e. The van der Waals surface area contributed by atoms with Gasteiger partial charge in [-0.25, -0.2) is 0 Å². The number of carbonyl (C=O) groups excluding carboxylic acids is 2. The van der Waals surface area contributed by atoms with Crippen LogP contribution in [0.25, 0.3) is 0 Å². The molecule has 0 aromatic heterocycles. The summed E-state index contributed by atoms with van der Waals surface area (Å²) in [7, 11) is 0. The van der Waals surface area contributed by atoms with Gasteiger partial charge >= 0.3 is 0 Å². The molecule has 1 N–H and O–H groups in total. The van der Waals surface area contributed by atoms with Gasteiger partial charge in [0.2, 0.25) is 5.91 Å². The summed E-state index contributed by atoms with van der Waals surface area (Å²) in [5.74, 6) is -0.274. The fourth-order valence-electron chi connectivity index (χ4n) is 3.49. The van der Waals surface area contributed by atoms with Crippen LogP contribution >= 0.6 is 34.8 Å². The zero-order chi connectivity index (χ0) is 24.5.